The standard InChI is InChI=1S/C16H24FNO2/c1-16(2,3)18-10-12-7-13(17)9-15(8-12)20-14-5-4-6-19-11-14/h7-9,14,18H,4-6,10-11H2,1-3H3. The van der Waals surface area contributed by atoms with Gasteiger partial charge in [-0.1, -0.05) is 0 Å². The van der Waals surface area contributed by atoms with Crippen molar-refractivity contribution < 1.29 is 13.9 Å². The van der Waals surface area contributed by atoms with Gasteiger partial charge in [0.15, 0.2) is 0 Å². The van der Waals surface area contributed by atoms with Gasteiger partial charge in [-0.05, 0) is 51.3 Å². The Bertz CT molecular complexity index is 437. The number of halogens is 1. The maximum atomic E-state index is 13.7. The van der Waals surface area contributed by atoms with Crippen LogP contribution < -0.4 is 10.1 Å². The molecule has 0 bridgehead atoms. The van der Waals surface area contributed by atoms with Crippen molar-refractivity contribution in [2.24, 2.45) is 0 Å². The lowest BCUT2D eigenvalue weighted by atomic mass is 10.1. The summed E-state index contributed by atoms with van der Waals surface area (Å²) < 4.78 is 24.9. The number of ether oxygens (including phenoxy) is 2. The largest absolute Gasteiger partial charge is 0.488 e. The van der Waals surface area contributed by atoms with Crippen LogP contribution in [-0.2, 0) is 11.3 Å². The van der Waals surface area contributed by atoms with Gasteiger partial charge in [0.05, 0.1) is 6.61 Å². The van der Waals surface area contributed by atoms with Crippen molar-refractivity contribution in [2.45, 2.75) is 51.8 Å². The van der Waals surface area contributed by atoms with E-state index >= 15 is 0 Å². The van der Waals surface area contributed by atoms with Crippen LogP contribution in [0.2, 0.25) is 0 Å². The molecule has 1 aromatic rings. The molecule has 0 radical (unpaired) electrons. The van der Waals surface area contributed by atoms with E-state index in [1.54, 1.807) is 6.07 Å². The summed E-state index contributed by atoms with van der Waals surface area (Å²) in [5, 5.41) is 3.35. The molecule has 3 nitrogen and oxygen atoms in total. The molecule has 1 atom stereocenters. The fourth-order valence-corrected chi connectivity index (χ4v) is 2.15. The van der Waals surface area contributed by atoms with Crippen LogP contribution >= 0.6 is 0 Å². The SMILES string of the molecule is CC(C)(C)NCc1cc(F)cc(OC2CCCOC2)c1. The van der Waals surface area contributed by atoms with Gasteiger partial charge in [0, 0.05) is 24.8 Å². The zero-order chi connectivity index (χ0) is 14.6. The predicted octanol–water partition coefficient (Wildman–Crippen LogP) is 3.27. The third kappa shape index (κ3) is 5.10. The molecular formula is C16H24FNO2. The molecule has 1 heterocycles. The van der Waals surface area contributed by atoms with E-state index in [-0.39, 0.29) is 17.5 Å². The summed E-state index contributed by atoms with van der Waals surface area (Å²) in [6, 6.07) is 4.88. The first kappa shape index (κ1) is 15.3. The number of hydrogen-bond donors (Lipinski definition) is 1. The monoisotopic (exact) mass is 281 g/mol. The third-order valence-electron chi connectivity index (χ3n) is 3.18. The Morgan fingerprint density at radius 3 is 2.80 bits per heavy atom. The second-order valence-corrected chi connectivity index (χ2v) is 6.36. The van der Waals surface area contributed by atoms with Crippen molar-refractivity contribution in [3.05, 3.63) is 29.6 Å². The van der Waals surface area contributed by atoms with E-state index in [0.717, 1.165) is 25.0 Å². The summed E-state index contributed by atoms with van der Waals surface area (Å²) in [4.78, 5) is 0. The van der Waals surface area contributed by atoms with Crippen molar-refractivity contribution in [2.75, 3.05) is 13.2 Å². The molecule has 1 unspecified atom stereocenters. The summed E-state index contributed by atoms with van der Waals surface area (Å²) in [6.07, 6.45) is 2.00. The van der Waals surface area contributed by atoms with Gasteiger partial charge in [-0.25, -0.2) is 4.39 Å². The number of hydrogen-bond acceptors (Lipinski definition) is 3. The van der Waals surface area contributed by atoms with Crippen molar-refractivity contribution >= 4 is 0 Å². The minimum atomic E-state index is -0.259. The quantitative estimate of drug-likeness (QED) is 0.919. The Morgan fingerprint density at radius 2 is 2.15 bits per heavy atom. The van der Waals surface area contributed by atoms with Crippen LogP contribution in [0.25, 0.3) is 0 Å². The molecule has 1 saturated heterocycles. The van der Waals surface area contributed by atoms with Crippen LogP contribution in [0.1, 0.15) is 39.2 Å². The Hall–Kier alpha value is -1.13. The highest BCUT2D eigenvalue weighted by molar-refractivity contribution is 5.30. The van der Waals surface area contributed by atoms with Gasteiger partial charge in [-0.3, -0.25) is 0 Å². The topological polar surface area (TPSA) is 30.5 Å². The van der Waals surface area contributed by atoms with Gasteiger partial charge >= 0.3 is 0 Å². The first-order valence-electron chi connectivity index (χ1n) is 7.21. The normalized spacial score (nSPS) is 19.9. The smallest absolute Gasteiger partial charge is 0.127 e. The number of rotatable bonds is 4. The minimum absolute atomic E-state index is 0.00451. The second-order valence-electron chi connectivity index (χ2n) is 6.36. The van der Waals surface area contributed by atoms with E-state index in [1.165, 1.54) is 6.07 Å². The van der Waals surface area contributed by atoms with Crippen molar-refractivity contribution in [3.8, 4) is 5.75 Å². The highest BCUT2D eigenvalue weighted by Gasteiger charge is 2.16. The molecule has 0 spiro atoms. The highest BCUT2D eigenvalue weighted by Crippen LogP contribution is 2.21. The lowest BCUT2D eigenvalue weighted by molar-refractivity contribution is 0.00728. The summed E-state index contributed by atoms with van der Waals surface area (Å²) in [5.41, 5.74) is 0.900. The lowest BCUT2D eigenvalue weighted by Crippen LogP contribution is -2.35. The zero-order valence-electron chi connectivity index (χ0n) is 12.5. The molecule has 1 aliphatic heterocycles. The van der Waals surface area contributed by atoms with E-state index < -0.39 is 0 Å². The highest BCUT2D eigenvalue weighted by atomic mass is 19.1. The minimum Gasteiger partial charge on any atom is -0.488 e. The maximum absolute atomic E-state index is 13.7. The van der Waals surface area contributed by atoms with Gasteiger partial charge in [0.2, 0.25) is 0 Å². The van der Waals surface area contributed by atoms with E-state index in [1.807, 2.05) is 6.07 Å². The summed E-state index contributed by atoms with van der Waals surface area (Å²) in [6.45, 7) is 8.27. The van der Waals surface area contributed by atoms with Crippen molar-refractivity contribution in [1.82, 2.24) is 5.32 Å². The zero-order valence-corrected chi connectivity index (χ0v) is 12.5. The average molecular weight is 281 g/mol. The molecule has 1 aromatic carbocycles. The van der Waals surface area contributed by atoms with E-state index in [0.29, 0.717) is 18.9 Å². The average Bonchev–Trinajstić information content (AvgIpc) is 2.36. The summed E-state index contributed by atoms with van der Waals surface area (Å²) >= 11 is 0. The molecule has 0 amide bonds. The molecule has 1 aliphatic rings. The van der Waals surface area contributed by atoms with E-state index in [9.17, 15) is 4.39 Å². The molecule has 0 saturated carbocycles. The van der Waals surface area contributed by atoms with Crippen LogP contribution in [0.15, 0.2) is 18.2 Å². The van der Waals surface area contributed by atoms with Crippen molar-refractivity contribution in [1.29, 1.82) is 0 Å². The molecule has 0 aliphatic carbocycles. The molecule has 1 N–H and O–H groups in total. The molecule has 0 aromatic heterocycles. The van der Waals surface area contributed by atoms with Crippen LogP contribution in [-0.4, -0.2) is 24.9 Å². The third-order valence-corrected chi connectivity index (χ3v) is 3.18. The Labute approximate surface area is 120 Å². The fourth-order valence-electron chi connectivity index (χ4n) is 2.15. The molecule has 2 rings (SSSR count). The molecule has 1 fully saturated rings. The van der Waals surface area contributed by atoms with Gasteiger partial charge in [-0.2, -0.15) is 0 Å². The molecule has 4 heteroatoms. The lowest BCUT2D eigenvalue weighted by Gasteiger charge is -2.24. The first-order valence-corrected chi connectivity index (χ1v) is 7.21. The number of nitrogens with one attached hydrogen (secondary N) is 1. The van der Waals surface area contributed by atoms with Crippen LogP contribution in [0.4, 0.5) is 4.39 Å². The van der Waals surface area contributed by atoms with E-state index in [2.05, 4.69) is 26.1 Å². The van der Waals surface area contributed by atoms with Crippen LogP contribution in [0.5, 0.6) is 5.75 Å². The summed E-state index contributed by atoms with van der Waals surface area (Å²) in [5.74, 6) is 0.330. The van der Waals surface area contributed by atoms with Crippen LogP contribution in [0.3, 0.4) is 0 Å². The maximum Gasteiger partial charge on any atom is 0.127 e. The second kappa shape index (κ2) is 6.55. The molecule has 20 heavy (non-hydrogen) atoms. The Morgan fingerprint density at radius 1 is 1.35 bits per heavy atom. The fraction of sp³-hybridized carbons (Fsp3) is 0.625. The van der Waals surface area contributed by atoms with E-state index in [4.69, 9.17) is 9.47 Å². The van der Waals surface area contributed by atoms with Gasteiger partial charge in [0.1, 0.15) is 17.7 Å². The first-order chi connectivity index (χ1) is 9.42. The molecule has 112 valence electrons. The van der Waals surface area contributed by atoms with Gasteiger partial charge in [-0.15, -0.1) is 0 Å². The Kier molecular flexibility index (Phi) is 5.00. The Balaban J connectivity index is 2.00. The summed E-state index contributed by atoms with van der Waals surface area (Å²) in [7, 11) is 0. The van der Waals surface area contributed by atoms with Gasteiger partial charge < -0.3 is 14.8 Å². The van der Waals surface area contributed by atoms with Crippen LogP contribution in [0, 0.1) is 5.82 Å². The number of benzene rings is 1. The van der Waals surface area contributed by atoms with Crippen molar-refractivity contribution in [3.63, 3.8) is 0 Å². The molecular weight excluding hydrogens is 257 g/mol. The van der Waals surface area contributed by atoms with Gasteiger partial charge in [0.25, 0.3) is 0 Å². The predicted molar refractivity (Wildman–Crippen MR) is 77.5 cm³/mol.